The van der Waals surface area contributed by atoms with Gasteiger partial charge in [-0.2, -0.15) is 13.2 Å². The van der Waals surface area contributed by atoms with Crippen molar-refractivity contribution in [2.45, 2.75) is 44.1 Å². The van der Waals surface area contributed by atoms with Gasteiger partial charge in [0.05, 0.1) is 0 Å². The van der Waals surface area contributed by atoms with Gasteiger partial charge in [0.25, 0.3) is 0 Å². The molecule has 1 aliphatic rings. The monoisotopic (exact) mass is 499 g/mol. The molecule has 11 heteroatoms. The molecule has 1 aliphatic heterocycles. The Morgan fingerprint density at radius 3 is 2.60 bits per heavy atom. The summed E-state index contributed by atoms with van der Waals surface area (Å²) < 4.78 is 66.8. The lowest BCUT2D eigenvalue weighted by Crippen LogP contribution is -2.42. The highest BCUT2D eigenvalue weighted by Gasteiger charge is 2.42. The molecule has 7 nitrogen and oxygen atoms in total. The molecule has 0 unspecified atom stereocenters. The highest BCUT2D eigenvalue weighted by molar-refractivity contribution is 5.75. The number of rotatable bonds is 11. The molecule has 1 heterocycles. The van der Waals surface area contributed by atoms with Crippen molar-refractivity contribution in [3.8, 4) is 11.5 Å². The van der Waals surface area contributed by atoms with Crippen LogP contribution in [0.1, 0.15) is 24.0 Å². The van der Waals surface area contributed by atoms with Crippen LogP contribution in [0.3, 0.4) is 0 Å². The number of halogens is 4. The number of benzene rings is 2. The molecule has 2 aromatic carbocycles. The maximum absolute atomic E-state index is 13.0. The van der Waals surface area contributed by atoms with E-state index in [1.165, 1.54) is 12.1 Å². The van der Waals surface area contributed by atoms with E-state index in [1.807, 2.05) is 6.07 Å². The third-order valence-electron chi connectivity index (χ3n) is 5.28. The van der Waals surface area contributed by atoms with Crippen LogP contribution in [0, 0.1) is 5.82 Å². The van der Waals surface area contributed by atoms with E-state index in [9.17, 15) is 27.2 Å². The molecular weight excluding hydrogens is 474 g/mol. The first-order chi connectivity index (χ1) is 16.6. The second kappa shape index (κ2) is 11.9. The predicted octanol–water partition coefficient (Wildman–Crippen LogP) is 3.68. The minimum atomic E-state index is -5.15. The van der Waals surface area contributed by atoms with Gasteiger partial charge in [-0.05, 0) is 60.7 Å². The molecule has 0 radical (unpaired) electrons. The van der Waals surface area contributed by atoms with Gasteiger partial charge in [0, 0.05) is 19.5 Å². The number of fused-ring (bicyclic) bond motifs is 1. The number of hydrogen-bond acceptors (Lipinski definition) is 6. The molecule has 190 valence electrons. The molecular formula is C24H25F4NO6. The molecule has 2 aromatic rings. The number of nitrogens with one attached hydrogen (secondary N) is 1. The van der Waals surface area contributed by atoms with Gasteiger partial charge in [-0.15, -0.1) is 0 Å². The fraction of sp³-hybridized carbons (Fsp3) is 0.417. The van der Waals surface area contributed by atoms with Gasteiger partial charge in [-0.25, -0.2) is 9.18 Å². The summed E-state index contributed by atoms with van der Waals surface area (Å²) in [6.45, 7) is -0.200. The molecule has 0 saturated heterocycles. The Morgan fingerprint density at radius 1 is 1.17 bits per heavy atom. The van der Waals surface area contributed by atoms with E-state index in [0.29, 0.717) is 25.0 Å². The fourth-order valence-electron chi connectivity index (χ4n) is 3.53. The summed E-state index contributed by atoms with van der Waals surface area (Å²) >= 11 is 0. The molecule has 0 amide bonds. The molecule has 0 spiro atoms. The standard InChI is InChI=1S/C24H25F4NO6/c25-17-4-7-18(8-5-17)33-14-20(35-23(32)24(26,27)28)13-29-12-19-6-3-16-11-15(2-10-22(30)31)1-9-21(16)34-19/h1,4-5,7-9,11,19-20,29H,2-3,6,10,12-14H2,(H,30,31)/t19-,20+/m1/s1. The quantitative estimate of drug-likeness (QED) is 0.360. The Hall–Kier alpha value is -3.34. The average molecular weight is 499 g/mol. The van der Waals surface area contributed by atoms with E-state index >= 15 is 0 Å². The lowest BCUT2D eigenvalue weighted by molar-refractivity contribution is -0.205. The third kappa shape index (κ3) is 8.43. The normalized spacial score (nSPS) is 16.1. The smallest absolute Gasteiger partial charge is 0.490 e. The zero-order valence-electron chi connectivity index (χ0n) is 18.6. The Labute approximate surface area is 199 Å². The largest absolute Gasteiger partial charge is 0.490 e. The summed E-state index contributed by atoms with van der Waals surface area (Å²) in [4.78, 5) is 22.1. The number of esters is 1. The van der Waals surface area contributed by atoms with Gasteiger partial charge in [0.2, 0.25) is 0 Å². The van der Waals surface area contributed by atoms with Crippen LogP contribution >= 0.6 is 0 Å². The van der Waals surface area contributed by atoms with Crippen LogP contribution in [-0.4, -0.2) is 55.1 Å². The SMILES string of the molecule is O=C(O)CCc1ccc2c(c1)CC[C@H](CNC[C@@H](COc1ccc(F)cc1)OC(=O)C(F)(F)F)O2. The zero-order valence-corrected chi connectivity index (χ0v) is 18.6. The van der Waals surface area contributed by atoms with Crippen LogP contribution in [0.4, 0.5) is 17.6 Å². The molecule has 3 rings (SSSR count). The van der Waals surface area contributed by atoms with Crippen LogP contribution in [-0.2, 0) is 27.2 Å². The number of carboxylic acids is 1. The van der Waals surface area contributed by atoms with E-state index in [-0.39, 0.29) is 38.0 Å². The lowest BCUT2D eigenvalue weighted by atomic mass is 9.98. The first-order valence-electron chi connectivity index (χ1n) is 11.0. The van der Waals surface area contributed by atoms with Gasteiger partial charge in [0.1, 0.15) is 36.1 Å². The molecule has 2 N–H and O–H groups in total. The molecule has 35 heavy (non-hydrogen) atoms. The van der Waals surface area contributed by atoms with E-state index in [0.717, 1.165) is 23.3 Å². The maximum Gasteiger partial charge on any atom is 0.490 e. The van der Waals surface area contributed by atoms with E-state index in [1.54, 1.807) is 12.1 Å². The third-order valence-corrected chi connectivity index (χ3v) is 5.28. The van der Waals surface area contributed by atoms with Crippen molar-refractivity contribution in [2.24, 2.45) is 0 Å². The summed E-state index contributed by atoms with van der Waals surface area (Å²) in [7, 11) is 0. The number of carbonyl (C=O) groups excluding carboxylic acids is 1. The summed E-state index contributed by atoms with van der Waals surface area (Å²) in [5, 5.41) is 11.8. The lowest BCUT2D eigenvalue weighted by Gasteiger charge is -2.27. The first kappa shape index (κ1) is 26.3. The zero-order chi connectivity index (χ0) is 25.4. The van der Waals surface area contributed by atoms with Crippen molar-refractivity contribution in [3.63, 3.8) is 0 Å². The van der Waals surface area contributed by atoms with Crippen LogP contribution in [0.25, 0.3) is 0 Å². The minimum Gasteiger partial charge on any atom is -0.490 e. The molecule has 0 aliphatic carbocycles. The van der Waals surface area contributed by atoms with Gasteiger partial charge in [-0.1, -0.05) is 12.1 Å². The number of carboxylic acid groups (broad SMARTS) is 1. The topological polar surface area (TPSA) is 94.1 Å². The van der Waals surface area contributed by atoms with Crippen molar-refractivity contribution in [1.29, 1.82) is 0 Å². The number of carbonyl (C=O) groups is 2. The highest BCUT2D eigenvalue weighted by atomic mass is 19.4. The first-order valence-corrected chi connectivity index (χ1v) is 11.0. The van der Waals surface area contributed by atoms with Crippen molar-refractivity contribution in [3.05, 3.63) is 59.4 Å². The van der Waals surface area contributed by atoms with Crippen molar-refractivity contribution < 1.29 is 46.5 Å². The van der Waals surface area contributed by atoms with Crippen molar-refractivity contribution in [1.82, 2.24) is 5.32 Å². The summed E-state index contributed by atoms with van der Waals surface area (Å²) in [5.41, 5.74) is 1.87. The molecule has 0 bridgehead atoms. The van der Waals surface area contributed by atoms with Crippen molar-refractivity contribution >= 4 is 11.9 Å². The van der Waals surface area contributed by atoms with Crippen LogP contribution < -0.4 is 14.8 Å². The number of ether oxygens (including phenoxy) is 3. The minimum absolute atomic E-state index is 0.0388. The summed E-state index contributed by atoms with van der Waals surface area (Å²) in [5.74, 6) is -2.80. The number of hydrogen-bond donors (Lipinski definition) is 2. The van der Waals surface area contributed by atoms with Crippen LogP contribution in [0.2, 0.25) is 0 Å². The highest BCUT2D eigenvalue weighted by Crippen LogP contribution is 2.29. The number of alkyl halides is 3. The van der Waals surface area contributed by atoms with Gasteiger partial charge in [0.15, 0.2) is 0 Å². The van der Waals surface area contributed by atoms with E-state index in [2.05, 4.69) is 10.1 Å². The van der Waals surface area contributed by atoms with Gasteiger partial charge < -0.3 is 24.6 Å². The van der Waals surface area contributed by atoms with Crippen LogP contribution in [0.15, 0.2) is 42.5 Å². The Balaban J connectivity index is 1.51. The Morgan fingerprint density at radius 2 is 1.91 bits per heavy atom. The summed E-state index contributed by atoms with van der Waals surface area (Å²) in [6, 6.07) is 10.4. The predicted molar refractivity (Wildman–Crippen MR) is 116 cm³/mol. The number of aryl methyl sites for hydroxylation is 2. The summed E-state index contributed by atoms with van der Waals surface area (Å²) in [6.07, 6.45) is -4.85. The Bertz CT molecular complexity index is 1010. The fourth-order valence-corrected chi connectivity index (χ4v) is 3.53. The van der Waals surface area contributed by atoms with Gasteiger partial charge >= 0.3 is 18.1 Å². The molecule has 0 aromatic heterocycles. The molecule has 0 fully saturated rings. The maximum atomic E-state index is 13.0. The number of aliphatic carboxylic acids is 1. The van der Waals surface area contributed by atoms with Crippen molar-refractivity contribution in [2.75, 3.05) is 19.7 Å². The molecule has 2 atom stereocenters. The van der Waals surface area contributed by atoms with E-state index < -0.39 is 30.0 Å². The average Bonchev–Trinajstić information content (AvgIpc) is 2.81. The second-order valence-corrected chi connectivity index (χ2v) is 8.06. The Kier molecular flexibility index (Phi) is 8.91. The van der Waals surface area contributed by atoms with Gasteiger partial charge in [-0.3, -0.25) is 4.79 Å². The molecule has 0 saturated carbocycles. The second-order valence-electron chi connectivity index (χ2n) is 8.06. The van der Waals surface area contributed by atoms with Crippen LogP contribution in [0.5, 0.6) is 11.5 Å². The van der Waals surface area contributed by atoms with E-state index in [4.69, 9.17) is 14.6 Å².